The number of hydrogen-bond donors (Lipinski definition) is 2. The van der Waals surface area contributed by atoms with E-state index in [9.17, 15) is 14.9 Å². The number of rotatable bonds is 4. The van der Waals surface area contributed by atoms with Crippen LogP contribution in [0.3, 0.4) is 0 Å². The third-order valence-corrected chi connectivity index (χ3v) is 2.41. The molecule has 0 aliphatic carbocycles. The van der Waals surface area contributed by atoms with Gasteiger partial charge in [-0.05, 0) is 38.5 Å². The van der Waals surface area contributed by atoms with Crippen molar-refractivity contribution >= 4 is 11.8 Å². The molecule has 8 heteroatoms. The highest BCUT2D eigenvalue weighted by atomic mass is 35.5. The van der Waals surface area contributed by atoms with E-state index in [0.717, 1.165) is 0 Å². The van der Waals surface area contributed by atoms with Gasteiger partial charge < -0.3 is 17.5 Å². The van der Waals surface area contributed by atoms with Crippen molar-refractivity contribution in [3.8, 4) is 0 Å². The first-order valence-corrected chi connectivity index (χ1v) is 5.68. The molecule has 112 valence electrons. The standard InChI is InChI=1S/C12H16N2O5.ClH/c1-12(2,3)13(11(15)16)19-8-9-4-6-10(7-5-9)14(17)18;/h4-7H,8H2,1-3H3,(H,15,16);1H. The van der Waals surface area contributed by atoms with Crippen molar-refractivity contribution in [2.75, 3.05) is 0 Å². The molecule has 1 rings (SSSR count). The predicted octanol–water partition coefficient (Wildman–Crippen LogP) is -1.61. The largest absolute Gasteiger partial charge is 1.00 e. The molecule has 1 unspecified atom stereocenters. The maximum Gasteiger partial charge on any atom is 0.545 e. The summed E-state index contributed by atoms with van der Waals surface area (Å²) < 4.78 is 0. The van der Waals surface area contributed by atoms with Crippen LogP contribution in [0.2, 0.25) is 0 Å². The van der Waals surface area contributed by atoms with E-state index < -0.39 is 16.6 Å². The highest BCUT2D eigenvalue weighted by Gasteiger charge is 2.34. The van der Waals surface area contributed by atoms with Gasteiger partial charge in [-0.2, -0.15) is 9.63 Å². The van der Waals surface area contributed by atoms with E-state index in [1.807, 2.05) is 0 Å². The first-order valence-electron chi connectivity index (χ1n) is 5.68. The van der Waals surface area contributed by atoms with Crippen LogP contribution in [0.5, 0.6) is 0 Å². The lowest BCUT2D eigenvalue weighted by Crippen LogP contribution is -3.20. The topological polar surface area (TPSA) is 94.1 Å². The minimum Gasteiger partial charge on any atom is -1.00 e. The molecule has 7 nitrogen and oxygen atoms in total. The average molecular weight is 305 g/mol. The first kappa shape index (κ1) is 18.3. The molecule has 0 aromatic heterocycles. The molecule has 0 fully saturated rings. The van der Waals surface area contributed by atoms with Crippen molar-refractivity contribution in [3.05, 3.63) is 39.9 Å². The number of quaternary nitrogens is 1. The quantitative estimate of drug-likeness (QED) is 0.516. The average Bonchev–Trinajstić information content (AvgIpc) is 2.27. The highest BCUT2D eigenvalue weighted by molar-refractivity contribution is 5.53. The number of hydroxylamine groups is 2. The summed E-state index contributed by atoms with van der Waals surface area (Å²) in [5.41, 5.74) is 0.0580. The second kappa shape index (κ2) is 7.18. The summed E-state index contributed by atoms with van der Waals surface area (Å²) in [5, 5.41) is 19.5. The minimum absolute atomic E-state index is 0. The number of nitrogens with zero attached hydrogens (tertiary/aromatic N) is 1. The second-order valence-corrected chi connectivity index (χ2v) is 5.10. The normalized spacial score (nSPS) is 12.3. The summed E-state index contributed by atoms with van der Waals surface area (Å²) >= 11 is 0. The van der Waals surface area contributed by atoms with Crippen LogP contribution in [0, 0.1) is 10.1 Å². The Labute approximate surface area is 122 Å². The van der Waals surface area contributed by atoms with Crippen molar-refractivity contribution in [3.63, 3.8) is 0 Å². The summed E-state index contributed by atoms with van der Waals surface area (Å²) in [6.45, 7) is 5.29. The van der Waals surface area contributed by atoms with Crippen molar-refractivity contribution in [2.24, 2.45) is 0 Å². The van der Waals surface area contributed by atoms with Gasteiger partial charge in [0, 0.05) is 12.1 Å². The van der Waals surface area contributed by atoms with Gasteiger partial charge in [-0.25, -0.2) is 0 Å². The fourth-order valence-corrected chi connectivity index (χ4v) is 1.47. The minimum atomic E-state index is -1.10. The van der Waals surface area contributed by atoms with Gasteiger partial charge in [-0.1, -0.05) is 5.06 Å². The van der Waals surface area contributed by atoms with Crippen LogP contribution in [0.15, 0.2) is 24.3 Å². The molecular weight excluding hydrogens is 288 g/mol. The van der Waals surface area contributed by atoms with Crippen LogP contribution in [0.4, 0.5) is 10.5 Å². The van der Waals surface area contributed by atoms with Crippen molar-refractivity contribution in [1.29, 1.82) is 0 Å². The summed E-state index contributed by atoms with van der Waals surface area (Å²) in [6, 6.07) is 5.80. The Morgan fingerprint density at radius 3 is 2.20 bits per heavy atom. The molecule has 0 saturated heterocycles. The lowest BCUT2D eigenvalue weighted by molar-refractivity contribution is -1.07. The summed E-state index contributed by atoms with van der Waals surface area (Å²) in [5.74, 6) is 0. The van der Waals surface area contributed by atoms with E-state index in [2.05, 4.69) is 0 Å². The zero-order valence-electron chi connectivity index (χ0n) is 11.4. The van der Waals surface area contributed by atoms with E-state index in [0.29, 0.717) is 5.56 Å². The fraction of sp³-hybridized carbons (Fsp3) is 0.417. The zero-order valence-corrected chi connectivity index (χ0v) is 12.2. The molecule has 0 bridgehead atoms. The summed E-state index contributed by atoms with van der Waals surface area (Å²) in [4.78, 5) is 26.4. The molecule has 1 aromatic rings. The Morgan fingerprint density at radius 2 is 1.85 bits per heavy atom. The van der Waals surface area contributed by atoms with Crippen LogP contribution in [0.1, 0.15) is 26.3 Å². The van der Waals surface area contributed by atoms with Crippen LogP contribution < -0.4 is 17.5 Å². The number of non-ortho nitro benzene ring substituents is 1. The number of benzene rings is 1. The monoisotopic (exact) mass is 304 g/mol. The number of nitro benzene ring substituents is 1. The summed E-state index contributed by atoms with van der Waals surface area (Å²) in [7, 11) is 0. The number of nitrogens with one attached hydrogen (secondary N) is 1. The van der Waals surface area contributed by atoms with Crippen molar-refractivity contribution in [1.82, 2.24) is 0 Å². The maximum atomic E-state index is 11.1. The van der Waals surface area contributed by atoms with E-state index in [1.165, 1.54) is 12.1 Å². The van der Waals surface area contributed by atoms with E-state index >= 15 is 0 Å². The lowest BCUT2D eigenvalue weighted by atomic mass is 10.1. The molecule has 0 aliphatic heterocycles. The maximum absolute atomic E-state index is 11.1. The molecule has 0 heterocycles. The number of amides is 1. The molecule has 2 N–H and O–H groups in total. The molecule has 1 aromatic carbocycles. The number of carboxylic acid groups (broad SMARTS) is 1. The van der Waals surface area contributed by atoms with Gasteiger partial charge in [0.1, 0.15) is 12.1 Å². The van der Waals surface area contributed by atoms with Gasteiger partial charge in [0.2, 0.25) is 0 Å². The van der Waals surface area contributed by atoms with Crippen LogP contribution >= 0.6 is 0 Å². The smallest absolute Gasteiger partial charge is 0.545 e. The second-order valence-electron chi connectivity index (χ2n) is 5.10. The van der Waals surface area contributed by atoms with E-state index in [4.69, 9.17) is 9.94 Å². The third-order valence-electron chi connectivity index (χ3n) is 2.41. The van der Waals surface area contributed by atoms with Gasteiger partial charge in [-0.15, -0.1) is 0 Å². The molecule has 0 radical (unpaired) electrons. The summed E-state index contributed by atoms with van der Waals surface area (Å²) in [6.07, 6.45) is -1.10. The van der Waals surface area contributed by atoms with Crippen LogP contribution in [-0.4, -0.2) is 21.7 Å². The Kier molecular flexibility index (Phi) is 6.57. The zero-order chi connectivity index (χ0) is 14.6. The number of hydrogen-bond acceptors (Lipinski definition) is 4. The van der Waals surface area contributed by atoms with Gasteiger partial charge in [-0.3, -0.25) is 10.1 Å². The van der Waals surface area contributed by atoms with E-state index in [1.54, 1.807) is 32.9 Å². The van der Waals surface area contributed by atoms with Crippen LogP contribution in [0.25, 0.3) is 0 Å². The Bertz CT molecular complexity index is 470. The number of halogens is 1. The van der Waals surface area contributed by atoms with Gasteiger partial charge in [0.25, 0.3) is 5.69 Å². The molecule has 0 spiro atoms. The van der Waals surface area contributed by atoms with Crippen molar-refractivity contribution < 1.29 is 37.1 Å². The Morgan fingerprint density at radius 1 is 1.35 bits per heavy atom. The Balaban J connectivity index is 0.00000361. The molecular formula is C12H17ClN2O5. The SMILES string of the molecule is CC(C)(C)[NH+](OCc1ccc([N+](=O)[O-])cc1)C(=O)O.[Cl-]. The number of nitro groups is 1. The van der Waals surface area contributed by atoms with E-state index in [-0.39, 0.29) is 29.8 Å². The first-order chi connectivity index (χ1) is 8.71. The third kappa shape index (κ3) is 5.12. The predicted molar refractivity (Wildman–Crippen MR) is 66.6 cm³/mol. The highest BCUT2D eigenvalue weighted by Crippen LogP contribution is 2.12. The molecule has 20 heavy (non-hydrogen) atoms. The molecule has 0 saturated carbocycles. The van der Waals surface area contributed by atoms with Crippen molar-refractivity contribution in [2.45, 2.75) is 32.9 Å². The van der Waals surface area contributed by atoms with Gasteiger partial charge >= 0.3 is 6.09 Å². The van der Waals surface area contributed by atoms with Crippen LogP contribution in [-0.2, 0) is 11.4 Å². The molecule has 0 aliphatic rings. The van der Waals surface area contributed by atoms with Gasteiger partial charge in [0.15, 0.2) is 0 Å². The number of carbonyl (C=O) groups is 1. The lowest BCUT2D eigenvalue weighted by Gasteiger charge is -2.24. The fourth-order valence-electron chi connectivity index (χ4n) is 1.47. The molecule has 1 atom stereocenters. The van der Waals surface area contributed by atoms with Gasteiger partial charge in [0.05, 0.1) is 4.92 Å². The Hall–Kier alpha value is -1.70. The molecule has 1 amide bonds.